The molecular formula is C27H27N7O. The molecule has 1 fully saturated rings. The number of aromatic nitrogens is 4. The van der Waals surface area contributed by atoms with Gasteiger partial charge in [0.25, 0.3) is 0 Å². The monoisotopic (exact) mass is 465 g/mol. The maximum absolute atomic E-state index is 5.54. The molecule has 0 atom stereocenters. The zero-order valence-electron chi connectivity index (χ0n) is 19.9. The summed E-state index contributed by atoms with van der Waals surface area (Å²) >= 11 is 0. The highest BCUT2D eigenvalue weighted by molar-refractivity contribution is 5.96. The highest BCUT2D eigenvalue weighted by atomic mass is 16.5. The van der Waals surface area contributed by atoms with Gasteiger partial charge >= 0.3 is 0 Å². The fraction of sp³-hybridized carbons (Fsp3) is 0.259. The molecule has 0 spiro atoms. The minimum absolute atomic E-state index is 0.678. The molecule has 176 valence electrons. The van der Waals surface area contributed by atoms with E-state index in [0.29, 0.717) is 19.2 Å². The molecule has 4 aromatic rings. The number of nitrogens with zero attached hydrogens (tertiary/aromatic N) is 6. The first-order valence-corrected chi connectivity index (χ1v) is 11.9. The summed E-state index contributed by atoms with van der Waals surface area (Å²) in [4.78, 5) is 16.4. The first kappa shape index (κ1) is 21.5. The van der Waals surface area contributed by atoms with Crippen LogP contribution >= 0.6 is 0 Å². The first-order valence-electron chi connectivity index (χ1n) is 11.9. The Morgan fingerprint density at radius 1 is 0.943 bits per heavy atom. The number of nitrogens with one attached hydrogen (secondary N) is 1. The normalized spacial score (nSPS) is 15.9. The highest BCUT2D eigenvalue weighted by Crippen LogP contribution is 2.29. The summed E-state index contributed by atoms with van der Waals surface area (Å²) in [5, 5.41) is 8.97. The average Bonchev–Trinajstić information content (AvgIpc) is 3.50. The van der Waals surface area contributed by atoms with Gasteiger partial charge in [-0.05, 0) is 36.3 Å². The molecule has 8 heteroatoms. The quantitative estimate of drug-likeness (QED) is 0.455. The lowest BCUT2D eigenvalue weighted by molar-refractivity contribution is 0.122. The second-order valence-electron chi connectivity index (χ2n) is 8.98. The van der Waals surface area contributed by atoms with E-state index < -0.39 is 0 Å². The predicted octanol–water partition coefficient (Wildman–Crippen LogP) is 4.82. The number of aliphatic imine (C=N–C) groups is 1. The summed E-state index contributed by atoms with van der Waals surface area (Å²) in [6.45, 7) is 4.96. The molecule has 2 aromatic carbocycles. The molecular weight excluding hydrogens is 438 g/mol. The molecule has 0 radical (unpaired) electrons. The van der Waals surface area contributed by atoms with Gasteiger partial charge in [-0.25, -0.2) is 4.98 Å². The molecule has 1 N–H and O–H groups in total. The van der Waals surface area contributed by atoms with Crippen molar-refractivity contribution in [2.45, 2.75) is 13.3 Å². The topological polar surface area (TPSA) is 80.5 Å². The van der Waals surface area contributed by atoms with E-state index in [9.17, 15) is 0 Å². The van der Waals surface area contributed by atoms with Gasteiger partial charge in [0.05, 0.1) is 30.6 Å². The van der Waals surface area contributed by atoms with Gasteiger partial charge in [0.1, 0.15) is 5.82 Å². The first-order chi connectivity index (χ1) is 17.1. The summed E-state index contributed by atoms with van der Waals surface area (Å²) in [5.41, 5.74) is 7.53. The van der Waals surface area contributed by atoms with Crippen molar-refractivity contribution in [1.29, 1.82) is 0 Å². The van der Waals surface area contributed by atoms with E-state index in [2.05, 4.69) is 69.7 Å². The molecule has 2 aromatic heterocycles. The number of anilines is 3. The van der Waals surface area contributed by atoms with Crippen molar-refractivity contribution in [2.75, 3.05) is 36.5 Å². The number of hydrogen-bond donors (Lipinski definition) is 1. The Labute approximate surface area is 204 Å². The van der Waals surface area contributed by atoms with Crippen LogP contribution in [0.2, 0.25) is 0 Å². The van der Waals surface area contributed by atoms with Crippen LogP contribution < -0.4 is 10.2 Å². The average molecular weight is 466 g/mol. The lowest BCUT2D eigenvalue weighted by Crippen LogP contribution is -2.37. The Kier molecular flexibility index (Phi) is 5.50. The Morgan fingerprint density at radius 2 is 1.74 bits per heavy atom. The molecule has 0 bridgehead atoms. The van der Waals surface area contributed by atoms with E-state index in [-0.39, 0.29) is 0 Å². The second-order valence-corrected chi connectivity index (χ2v) is 8.98. The van der Waals surface area contributed by atoms with Crippen LogP contribution in [0, 0.1) is 0 Å². The van der Waals surface area contributed by atoms with Crippen molar-refractivity contribution < 1.29 is 4.74 Å². The lowest BCUT2D eigenvalue weighted by atomic mass is 10.0. The minimum atomic E-state index is 0.678. The zero-order chi connectivity index (χ0) is 23.8. The van der Waals surface area contributed by atoms with Crippen LogP contribution in [0.1, 0.15) is 18.9 Å². The minimum Gasteiger partial charge on any atom is -0.378 e. The number of morpholine rings is 1. The van der Waals surface area contributed by atoms with E-state index in [1.807, 2.05) is 30.2 Å². The third kappa shape index (κ3) is 4.40. The number of allylic oxidation sites excluding steroid dienone is 1. The van der Waals surface area contributed by atoms with Crippen molar-refractivity contribution in [2.24, 2.45) is 12.0 Å². The predicted molar refractivity (Wildman–Crippen MR) is 140 cm³/mol. The molecule has 35 heavy (non-hydrogen) atoms. The number of benzene rings is 2. The van der Waals surface area contributed by atoms with Crippen molar-refractivity contribution in [3.8, 4) is 11.3 Å². The van der Waals surface area contributed by atoms with Gasteiger partial charge in [0.15, 0.2) is 0 Å². The summed E-state index contributed by atoms with van der Waals surface area (Å²) in [7, 11) is 1.96. The maximum Gasteiger partial charge on any atom is 0.228 e. The van der Waals surface area contributed by atoms with Crippen LogP contribution in [0.4, 0.5) is 17.5 Å². The van der Waals surface area contributed by atoms with E-state index >= 15 is 0 Å². The fourth-order valence-corrected chi connectivity index (χ4v) is 4.50. The standard InChI is InChI=1S/C27H27N7O/c1-18-13-22(16-28-18)19-5-7-23(8-6-19)30-26-15-24(31-27(32-26)34-9-11-35-12-10-34)20-3-4-21-17-29-33(2)25(21)14-20/h3-8,14-17H,9-13H2,1-2H3,(H,30,31,32). The van der Waals surface area contributed by atoms with E-state index in [4.69, 9.17) is 14.7 Å². The van der Waals surface area contributed by atoms with E-state index in [1.54, 1.807) is 0 Å². The van der Waals surface area contributed by atoms with Gasteiger partial charge in [-0.15, -0.1) is 0 Å². The number of rotatable bonds is 5. The smallest absolute Gasteiger partial charge is 0.228 e. The SMILES string of the molecule is CC1=NC=C(c2ccc(Nc3cc(-c4ccc5cnn(C)c5c4)nc(N4CCOCC4)n3)cc2)C1. The Hall–Kier alpha value is -4.04. The second kappa shape index (κ2) is 8.96. The summed E-state index contributed by atoms with van der Waals surface area (Å²) in [6, 6.07) is 16.7. The molecule has 0 unspecified atom stereocenters. The molecule has 4 heterocycles. The van der Waals surface area contributed by atoms with Crippen molar-refractivity contribution in [1.82, 2.24) is 19.7 Å². The Balaban J connectivity index is 1.33. The molecule has 8 nitrogen and oxygen atoms in total. The fourth-order valence-electron chi connectivity index (χ4n) is 4.50. The molecule has 0 amide bonds. The number of hydrogen-bond acceptors (Lipinski definition) is 7. The summed E-state index contributed by atoms with van der Waals surface area (Å²) in [5.74, 6) is 1.47. The van der Waals surface area contributed by atoms with Crippen LogP contribution in [0.15, 0.2) is 65.9 Å². The van der Waals surface area contributed by atoms with Crippen LogP contribution in [-0.4, -0.2) is 51.8 Å². The molecule has 2 aliphatic rings. The largest absolute Gasteiger partial charge is 0.378 e. The van der Waals surface area contributed by atoms with Crippen LogP contribution in [0.5, 0.6) is 0 Å². The maximum atomic E-state index is 5.54. The molecule has 0 aliphatic carbocycles. The van der Waals surface area contributed by atoms with Gasteiger partial charge in [-0.3, -0.25) is 9.67 Å². The van der Waals surface area contributed by atoms with Crippen molar-refractivity contribution in [3.63, 3.8) is 0 Å². The highest BCUT2D eigenvalue weighted by Gasteiger charge is 2.17. The van der Waals surface area contributed by atoms with Gasteiger partial charge in [-0.1, -0.05) is 24.3 Å². The van der Waals surface area contributed by atoms with Crippen molar-refractivity contribution >= 4 is 39.6 Å². The Morgan fingerprint density at radius 3 is 2.51 bits per heavy atom. The molecule has 6 rings (SSSR count). The molecule has 0 saturated carbocycles. The summed E-state index contributed by atoms with van der Waals surface area (Å²) < 4.78 is 7.42. The summed E-state index contributed by atoms with van der Waals surface area (Å²) in [6.07, 6.45) is 4.75. The number of ether oxygens (including phenoxy) is 1. The van der Waals surface area contributed by atoms with Gasteiger partial charge in [0.2, 0.25) is 5.95 Å². The van der Waals surface area contributed by atoms with Crippen LogP contribution in [-0.2, 0) is 11.8 Å². The van der Waals surface area contributed by atoms with E-state index in [0.717, 1.165) is 58.9 Å². The third-order valence-corrected chi connectivity index (χ3v) is 6.47. The lowest BCUT2D eigenvalue weighted by Gasteiger charge is -2.27. The zero-order valence-corrected chi connectivity index (χ0v) is 19.9. The van der Waals surface area contributed by atoms with Gasteiger partial charge < -0.3 is 15.0 Å². The van der Waals surface area contributed by atoms with Crippen molar-refractivity contribution in [3.05, 3.63) is 66.5 Å². The Bertz CT molecular complexity index is 1450. The van der Waals surface area contributed by atoms with Crippen LogP contribution in [0.3, 0.4) is 0 Å². The number of aryl methyl sites for hydroxylation is 1. The third-order valence-electron chi connectivity index (χ3n) is 6.47. The van der Waals surface area contributed by atoms with Crippen LogP contribution in [0.25, 0.3) is 27.7 Å². The van der Waals surface area contributed by atoms with Gasteiger partial charge in [-0.2, -0.15) is 10.1 Å². The van der Waals surface area contributed by atoms with E-state index in [1.165, 1.54) is 11.1 Å². The number of fused-ring (bicyclic) bond motifs is 1. The van der Waals surface area contributed by atoms with Gasteiger partial charge in [0, 0.05) is 61.2 Å². The molecule has 2 aliphatic heterocycles. The molecule has 1 saturated heterocycles.